The van der Waals surface area contributed by atoms with Crippen LogP contribution >= 0.6 is 11.6 Å². The minimum absolute atomic E-state index is 0.277. The Labute approximate surface area is 126 Å². The third-order valence-electron chi connectivity index (χ3n) is 3.21. The van der Waals surface area contributed by atoms with E-state index >= 15 is 0 Å². The highest BCUT2D eigenvalue weighted by Gasteiger charge is 2.36. The molecule has 1 aliphatic heterocycles. The SMILES string of the molecule is CC(C)(C)OC(=O)N1C[Si](C)(C)Cc2ccc(Cl)cc21. The lowest BCUT2D eigenvalue weighted by molar-refractivity contribution is 0.0585. The molecule has 0 unspecified atom stereocenters. The van der Waals surface area contributed by atoms with Gasteiger partial charge in [-0.1, -0.05) is 30.8 Å². The number of rotatable bonds is 0. The second kappa shape index (κ2) is 5.08. The fourth-order valence-electron chi connectivity index (χ4n) is 2.50. The molecule has 0 saturated heterocycles. The van der Waals surface area contributed by atoms with Crippen LogP contribution in [0.1, 0.15) is 26.3 Å². The highest BCUT2D eigenvalue weighted by Crippen LogP contribution is 2.34. The van der Waals surface area contributed by atoms with Crippen molar-refractivity contribution in [2.45, 2.75) is 45.5 Å². The summed E-state index contributed by atoms with van der Waals surface area (Å²) in [5.74, 6) is 0. The molecule has 1 aromatic carbocycles. The molecule has 0 radical (unpaired) electrons. The van der Waals surface area contributed by atoms with Gasteiger partial charge in [0.05, 0.1) is 13.8 Å². The lowest BCUT2D eigenvalue weighted by Crippen LogP contribution is -2.52. The van der Waals surface area contributed by atoms with Gasteiger partial charge in [-0.25, -0.2) is 4.79 Å². The molecule has 0 aromatic heterocycles. The first kappa shape index (κ1) is 15.4. The van der Waals surface area contributed by atoms with E-state index in [0.29, 0.717) is 5.02 Å². The summed E-state index contributed by atoms with van der Waals surface area (Å²) in [7, 11) is -1.48. The van der Waals surface area contributed by atoms with Crippen LogP contribution in [0.4, 0.5) is 10.5 Å². The molecule has 110 valence electrons. The van der Waals surface area contributed by atoms with Crippen molar-refractivity contribution in [3.05, 3.63) is 28.8 Å². The van der Waals surface area contributed by atoms with Gasteiger partial charge in [0, 0.05) is 11.2 Å². The van der Waals surface area contributed by atoms with Crippen LogP contribution < -0.4 is 4.90 Å². The van der Waals surface area contributed by atoms with E-state index in [9.17, 15) is 4.79 Å². The topological polar surface area (TPSA) is 29.5 Å². The normalized spacial score (nSPS) is 17.6. The second-order valence-electron chi connectivity index (χ2n) is 7.18. The first-order valence-electron chi connectivity index (χ1n) is 6.86. The number of ether oxygens (including phenoxy) is 1. The maximum atomic E-state index is 12.5. The average Bonchev–Trinajstić information content (AvgIpc) is 2.25. The summed E-state index contributed by atoms with van der Waals surface area (Å²) in [6, 6.07) is 6.86. The van der Waals surface area contributed by atoms with Gasteiger partial charge in [0.25, 0.3) is 0 Å². The molecule has 2 rings (SSSR count). The van der Waals surface area contributed by atoms with Crippen molar-refractivity contribution in [1.82, 2.24) is 0 Å². The van der Waals surface area contributed by atoms with Crippen LogP contribution in [0, 0.1) is 0 Å². The number of carbonyl (C=O) groups is 1. The van der Waals surface area contributed by atoms with Crippen molar-refractivity contribution in [2.24, 2.45) is 0 Å². The van der Waals surface area contributed by atoms with E-state index in [1.54, 1.807) is 4.90 Å². The van der Waals surface area contributed by atoms with Gasteiger partial charge in [-0.15, -0.1) is 0 Å². The van der Waals surface area contributed by atoms with E-state index in [0.717, 1.165) is 17.9 Å². The molecule has 5 heteroatoms. The van der Waals surface area contributed by atoms with Crippen LogP contribution in [-0.2, 0) is 10.8 Å². The van der Waals surface area contributed by atoms with Crippen LogP contribution in [0.3, 0.4) is 0 Å². The maximum Gasteiger partial charge on any atom is 0.414 e. The van der Waals surface area contributed by atoms with Crippen LogP contribution in [0.15, 0.2) is 18.2 Å². The molecule has 0 atom stereocenters. The van der Waals surface area contributed by atoms with Gasteiger partial charge in [0.1, 0.15) is 5.60 Å². The number of fused-ring (bicyclic) bond motifs is 1. The number of halogens is 1. The van der Waals surface area contributed by atoms with E-state index in [2.05, 4.69) is 13.1 Å². The first-order valence-corrected chi connectivity index (χ1v) is 10.7. The molecule has 1 aliphatic rings. The number of hydrogen-bond acceptors (Lipinski definition) is 2. The van der Waals surface area contributed by atoms with E-state index in [4.69, 9.17) is 16.3 Å². The van der Waals surface area contributed by atoms with Crippen molar-refractivity contribution in [1.29, 1.82) is 0 Å². The van der Waals surface area contributed by atoms with Gasteiger partial charge in [0.15, 0.2) is 0 Å². The number of carbonyl (C=O) groups excluding carboxylic acids is 1. The zero-order chi connectivity index (χ0) is 15.1. The molecule has 1 aromatic rings. The lowest BCUT2D eigenvalue weighted by atomic mass is 10.2. The Hall–Kier alpha value is -1.00. The zero-order valence-electron chi connectivity index (χ0n) is 12.8. The van der Waals surface area contributed by atoms with Crippen molar-refractivity contribution >= 4 is 31.5 Å². The largest absolute Gasteiger partial charge is 0.443 e. The van der Waals surface area contributed by atoms with Crippen molar-refractivity contribution in [3.8, 4) is 0 Å². The van der Waals surface area contributed by atoms with E-state index < -0.39 is 13.7 Å². The summed E-state index contributed by atoms with van der Waals surface area (Å²) in [6.07, 6.45) is 0.496. The molecular weight excluding hydrogens is 290 g/mol. The predicted molar refractivity (Wildman–Crippen MR) is 86.2 cm³/mol. The van der Waals surface area contributed by atoms with Crippen LogP contribution in [-0.4, -0.2) is 25.9 Å². The molecule has 1 amide bonds. The summed E-state index contributed by atoms with van der Waals surface area (Å²) in [4.78, 5) is 14.2. The van der Waals surface area contributed by atoms with Gasteiger partial charge < -0.3 is 4.74 Å². The number of anilines is 1. The number of hydrogen-bond donors (Lipinski definition) is 0. The fourth-order valence-corrected chi connectivity index (χ4v) is 5.27. The Kier molecular flexibility index (Phi) is 3.91. The Morgan fingerprint density at radius 1 is 1.35 bits per heavy atom. The minimum Gasteiger partial charge on any atom is -0.443 e. The van der Waals surface area contributed by atoms with Crippen LogP contribution in [0.5, 0.6) is 0 Å². The Morgan fingerprint density at radius 3 is 2.60 bits per heavy atom. The Bertz CT molecular complexity index is 537. The highest BCUT2D eigenvalue weighted by atomic mass is 35.5. The summed E-state index contributed by atoms with van der Waals surface area (Å²) in [6.45, 7) is 10.2. The smallest absolute Gasteiger partial charge is 0.414 e. The number of benzene rings is 1. The minimum atomic E-state index is -1.48. The van der Waals surface area contributed by atoms with Gasteiger partial charge >= 0.3 is 6.09 Å². The van der Waals surface area contributed by atoms with Crippen molar-refractivity contribution in [3.63, 3.8) is 0 Å². The van der Waals surface area contributed by atoms with Crippen LogP contribution in [0.2, 0.25) is 18.1 Å². The average molecular weight is 312 g/mol. The molecule has 20 heavy (non-hydrogen) atoms. The zero-order valence-corrected chi connectivity index (χ0v) is 14.5. The quantitative estimate of drug-likeness (QED) is 0.664. The fraction of sp³-hybridized carbons (Fsp3) is 0.533. The first-order chi connectivity index (χ1) is 9.07. The number of nitrogens with zero attached hydrogens (tertiary/aromatic N) is 1. The molecule has 0 aliphatic carbocycles. The monoisotopic (exact) mass is 311 g/mol. The predicted octanol–water partition coefficient (Wildman–Crippen LogP) is 4.42. The Balaban J connectivity index is 2.38. The van der Waals surface area contributed by atoms with Gasteiger partial charge in [-0.05, 0) is 44.5 Å². The van der Waals surface area contributed by atoms with Crippen molar-refractivity contribution < 1.29 is 9.53 Å². The van der Waals surface area contributed by atoms with Gasteiger partial charge in [0.2, 0.25) is 0 Å². The van der Waals surface area contributed by atoms with E-state index in [1.807, 2.05) is 39.0 Å². The summed E-state index contributed by atoms with van der Waals surface area (Å²) >= 11 is 6.08. The molecule has 0 spiro atoms. The molecule has 3 nitrogen and oxygen atoms in total. The third kappa shape index (κ3) is 3.55. The lowest BCUT2D eigenvalue weighted by Gasteiger charge is -2.38. The van der Waals surface area contributed by atoms with E-state index in [1.165, 1.54) is 5.56 Å². The van der Waals surface area contributed by atoms with Crippen LogP contribution in [0.25, 0.3) is 0 Å². The van der Waals surface area contributed by atoms with Gasteiger partial charge in [-0.2, -0.15) is 0 Å². The standard InChI is InChI=1S/C15H22ClNO2Si/c1-15(2,3)19-14(18)17-10-20(4,5)9-11-6-7-12(16)8-13(11)17/h6-8H,9-10H2,1-5H3. The molecule has 1 heterocycles. The Morgan fingerprint density at radius 2 is 2.00 bits per heavy atom. The molecule has 0 saturated carbocycles. The summed E-state index contributed by atoms with van der Waals surface area (Å²) < 4.78 is 5.53. The molecule has 0 bridgehead atoms. The summed E-state index contributed by atoms with van der Waals surface area (Å²) in [5, 5.41) is 0.652. The van der Waals surface area contributed by atoms with Gasteiger partial charge in [-0.3, -0.25) is 4.90 Å². The molecule has 0 N–H and O–H groups in total. The van der Waals surface area contributed by atoms with Crippen molar-refractivity contribution in [2.75, 3.05) is 11.1 Å². The van der Waals surface area contributed by atoms with E-state index in [-0.39, 0.29) is 6.09 Å². The highest BCUT2D eigenvalue weighted by molar-refractivity contribution is 6.78. The third-order valence-corrected chi connectivity index (χ3v) is 5.95. The molecule has 0 fully saturated rings. The number of amides is 1. The maximum absolute atomic E-state index is 12.5. The molecular formula is C15H22ClNO2Si. The second-order valence-corrected chi connectivity index (χ2v) is 12.6. The summed E-state index contributed by atoms with van der Waals surface area (Å²) in [5.41, 5.74) is 1.61.